The first-order chi connectivity index (χ1) is 14.9. The lowest BCUT2D eigenvalue weighted by Gasteiger charge is -2.18. The van der Waals surface area contributed by atoms with Crippen molar-refractivity contribution in [3.8, 4) is 17.7 Å². The Morgan fingerprint density at radius 2 is 2.26 bits per heavy atom. The highest BCUT2D eigenvalue weighted by atomic mass is 16.5. The molecular weight excluding hydrogens is 398 g/mol. The van der Waals surface area contributed by atoms with Gasteiger partial charge in [-0.2, -0.15) is 10.2 Å². The third-order valence-electron chi connectivity index (χ3n) is 4.93. The van der Waals surface area contributed by atoms with E-state index >= 15 is 0 Å². The molecule has 10 nitrogen and oxygen atoms in total. The molecule has 3 N–H and O–H groups in total. The Bertz CT molecular complexity index is 974. The summed E-state index contributed by atoms with van der Waals surface area (Å²) in [5, 5.41) is 12.3. The molecule has 1 aliphatic rings. The van der Waals surface area contributed by atoms with Crippen molar-refractivity contribution in [2.45, 2.75) is 12.5 Å². The first-order valence-corrected chi connectivity index (χ1v) is 9.95. The lowest BCUT2D eigenvalue weighted by atomic mass is 10.1. The number of rotatable bonds is 8. The van der Waals surface area contributed by atoms with E-state index in [9.17, 15) is 4.79 Å². The number of methoxy groups -OCH3 is 1. The average Bonchev–Trinajstić information content (AvgIpc) is 3.22. The third-order valence-corrected chi connectivity index (χ3v) is 4.93. The fourth-order valence-electron chi connectivity index (χ4n) is 3.23. The lowest BCUT2D eigenvalue weighted by Crippen LogP contribution is -2.32. The highest BCUT2D eigenvalue weighted by molar-refractivity contribution is 5.95. The van der Waals surface area contributed by atoms with E-state index in [0.717, 1.165) is 13.0 Å². The third kappa shape index (κ3) is 5.52. The Morgan fingerprint density at radius 1 is 1.45 bits per heavy atom. The Kier molecular flexibility index (Phi) is 7.10. The number of nitrogens with one attached hydrogen (secondary N) is 1. The number of nitrogens with two attached hydrogens (primary N) is 1. The number of hydrogen-bond donors (Lipinski definition) is 2. The van der Waals surface area contributed by atoms with Gasteiger partial charge in [-0.25, -0.2) is 4.98 Å². The van der Waals surface area contributed by atoms with Crippen molar-refractivity contribution in [2.75, 3.05) is 58.5 Å². The van der Waals surface area contributed by atoms with Crippen LogP contribution in [0.25, 0.3) is 0 Å². The Hall–Kier alpha value is -3.58. The number of nitriles is 1. The van der Waals surface area contributed by atoms with E-state index in [1.165, 1.54) is 13.3 Å². The van der Waals surface area contributed by atoms with Gasteiger partial charge < -0.3 is 30.3 Å². The fourth-order valence-corrected chi connectivity index (χ4v) is 3.23. The standard InChI is InChI=1S/C21H27N7O3/c1-27(2)8-9-31-18-10-14(4-5-17(18)23)20(29)28-7-6-16(13-28)25-21-24-12-15(11-22)19(26-21)30-3/h4-5,10,12,16H,6-9,13,23H2,1-3H3,(H,24,25,26)/t16-/m1/s1. The summed E-state index contributed by atoms with van der Waals surface area (Å²) in [6.07, 6.45) is 2.16. The molecule has 0 radical (unpaired) electrons. The smallest absolute Gasteiger partial charge is 0.254 e. The topological polar surface area (TPSA) is 130 Å². The molecule has 10 heteroatoms. The molecule has 1 fully saturated rings. The number of hydrogen-bond acceptors (Lipinski definition) is 9. The Balaban J connectivity index is 1.62. The molecule has 164 valence electrons. The SMILES string of the molecule is COc1nc(N[C@@H]2CCN(C(=O)c3ccc(N)c(OCCN(C)C)c3)C2)ncc1C#N. The van der Waals surface area contributed by atoms with Crippen LogP contribution in [0.5, 0.6) is 11.6 Å². The first kappa shape index (κ1) is 22.1. The fraction of sp³-hybridized carbons (Fsp3) is 0.429. The zero-order chi connectivity index (χ0) is 22.4. The number of carbonyl (C=O) groups is 1. The van der Waals surface area contributed by atoms with Crippen molar-refractivity contribution < 1.29 is 14.3 Å². The molecule has 1 aromatic heterocycles. The molecule has 2 heterocycles. The van der Waals surface area contributed by atoms with E-state index in [4.69, 9.17) is 20.5 Å². The number of aromatic nitrogens is 2. The molecule has 1 aliphatic heterocycles. The van der Waals surface area contributed by atoms with Crippen molar-refractivity contribution in [1.29, 1.82) is 5.26 Å². The number of likely N-dealkylation sites (N-methyl/N-ethyl adjacent to an activating group) is 1. The summed E-state index contributed by atoms with van der Waals surface area (Å²) in [7, 11) is 5.38. The Morgan fingerprint density at radius 3 is 2.97 bits per heavy atom. The molecular formula is C21H27N7O3. The molecule has 0 aliphatic carbocycles. The molecule has 1 saturated heterocycles. The minimum absolute atomic E-state index is 0.00816. The van der Waals surface area contributed by atoms with Crippen LogP contribution in [0.1, 0.15) is 22.3 Å². The molecule has 0 saturated carbocycles. The summed E-state index contributed by atoms with van der Waals surface area (Å²) in [5.74, 6) is 1.01. The molecule has 1 aromatic carbocycles. The number of anilines is 2. The van der Waals surface area contributed by atoms with Crippen LogP contribution in [0.15, 0.2) is 24.4 Å². The van der Waals surface area contributed by atoms with Crippen LogP contribution in [0.4, 0.5) is 11.6 Å². The van der Waals surface area contributed by atoms with Gasteiger partial charge in [0.15, 0.2) is 0 Å². The highest BCUT2D eigenvalue weighted by Crippen LogP contribution is 2.25. The van der Waals surface area contributed by atoms with Crippen LogP contribution in [0, 0.1) is 11.3 Å². The molecule has 0 bridgehead atoms. The number of amides is 1. The maximum absolute atomic E-state index is 13.0. The zero-order valence-corrected chi connectivity index (χ0v) is 18.0. The maximum Gasteiger partial charge on any atom is 0.254 e. The minimum Gasteiger partial charge on any atom is -0.490 e. The van der Waals surface area contributed by atoms with Crippen molar-refractivity contribution in [3.05, 3.63) is 35.5 Å². The number of likely N-dealkylation sites (tertiary alicyclic amines) is 1. The van der Waals surface area contributed by atoms with Gasteiger partial charge in [-0.15, -0.1) is 0 Å². The second-order valence-corrected chi connectivity index (χ2v) is 7.51. The largest absolute Gasteiger partial charge is 0.490 e. The second-order valence-electron chi connectivity index (χ2n) is 7.51. The summed E-state index contributed by atoms with van der Waals surface area (Å²) in [6.45, 7) is 2.34. The maximum atomic E-state index is 13.0. The highest BCUT2D eigenvalue weighted by Gasteiger charge is 2.28. The number of nitrogens with zero attached hydrogens (tertiary/aromatic N) is 5. The van der Waals surface area contributed by atoms with Gasteiger partial charge >= 0.3 is 0 Å². The van der Waals surface area contributed by atoms with Gasteiger partial charge in [0.25, 0.3) is 5.91 Å². The van der Waals surface area contributed by atoms with Crippen LogP contribution in [0.2, 0.25) is 0 Å². The van der Waals surface area contributed by atoms with Crippen LogP contribution in [-0.2, 0) is 0 Å². The molecule has 0 unspecified atom stereocenters. The van der Waals surface area contributed by atoms with Gasteiger partial charge in [0, 0.05) is 31.2 Å². The van der Waals surface area contributed by atoms with Crippen molar-refractivity contribution in [2.24, 2.45) is 0 Å². The number of nitrogen functional groups attached to an aromatic ring is 1. The van der Waals surface area contributed by atoms with Crippen LogP contribution < -0.4 is 20.5 Å². The summed E-state index contributed by atoms with van der Waals surface area (Å²) in [6, 6.07) is 7.08. The van der Waals surface area contributed by atoms with Crippen LogP contribution in [-0.4, -0.2) is 79.2 Å². The van der Waals surface area contributed by atoms with E-state index in [0.29, 0.717) is 42.6 Å². The number of benzene rings is 1. The van der Waals surface area contributed by atoms with E-state index in [2.05, 4.69) is 15.3 Å². The molecule has 3 rings (SSSR count). The summed E-state index contributed by atoms with van der Waals surface area (Å²) < 4.78 is 10.9. The summed E-state index contributed by atoms with van der Waals surface area (Å²) in [4.78, 5) is 25.1. The molecule has 2 aromatic rings. The Labute approximate surface area is 181 Å². The van der Waals surface area contributed by atoms with E-state index in [1.807, 2.05) is 25.1 Å². The van der Waals surface area contributed by atoms with Crippen LogP contribution >= 0.6 is 0 Å². The van der Waals surface area contributed by atoms with Crippen molar-refractivity contribution >= 4 is 17.5 Å². The monoisotopic (exact) mass is 425 g/mol. The van der Waals surface area contributed by atoms with Crippen LogP contribution in [0.3, 0.4) is 0 Å². The molecule has 1 atom stereocenters. The molecule has 31 heavy (non-hydrogen) atoms. The molecule has 1 amide bonds. The lowest BCUT2D eigenvalue weighted by molar-refractivity contribution is 0.0791. The van der Waals surface area contributed by atoms with Crippen molar-refractivity contribution in [1.82, 2.24) is 19.8 Å². The second kappa shape index (κ2) is 9.95. The quantitative estimate of drug-likeness (QED) is 0.599. The van der Waals surface area contributed by atoms with E-state index < -0.39 is 0 Å². The number of ether oxygens (including phenoxy) is 2. The predicted octanol–water partition coefficient (Wildman–Crippen LogP) is 1.21. The zero-order valence-electron chi connectivity index (χ0n) is 18.0. The van der Waals surface area contributed by atoms with E-state index in [-0.39, 0.29) is 23.4 Å². The van der Waals surface area contributed by atoms with Gasteiger partial charge in [-0.05, 0) is 38.7 Å². The first-order valence-electron chi connectivity index (χ1n) is 9.95. The average molecular weight is 425 g/mol. The van der Waals surface area contributed by atoms with Gasteiger partial charge in [-0.3, -0.25) is 4.79 Å². The normalized spacial score (nSPS) is 15.6. The summed E-state index contributed by atoms with van der Waals surface area (Å²) >= 11 is 0. The van der Waals surface area contributed by atoms with Gasteiger partial charge in [0.2, 0.25) is 11.8 Å². The molecule has 0 spiro atoms. The van der Waals surface area contributed by atoms with Crippen molar-refractivity contribution in [3.63, 3.8) is 0 Å². The van der Waals surface area contributed by atoms with E-state index in [1.54, 1.807) is 23.1 Å². The number of carbonyl (C=O) groups excluding carboxylic acids is 1. The summed E-state index contributed by atoms with van der Waals surface area (Å²) in [5.41, 5.74) is 7.30. The van der Waals surface area contributed by atoms with Gasteiger partial charge in [-0.1, -0.05) is 0 Å². The van der Waals surface area contributed by atoms with Gasteiger partial charge in [0.05, 0.1) is 19.0 Å². The van der Waals surface area contributed by atoms with Gasteiger partial charge in [0.1, 0.15) is 24.0 Å². The predicted molar refractivity (Wildman–Crippen MR) is 116 cm³/mol. The minimum atomic E-state index is -0.0833.